The molecule has 0 aliphatic carbocycles. The van der Waals surface area contributed by atoms with Gasteiger partial charge in [-0.1, -0.05) is 52.8 Å². The third-order valence-electron chi connectivity index (χ3n) is 3.11. The summed E-state index contributed by atoms with van der Waals surface area (Å²) in [5.74, 6) is 0. The van der Waals surface area contributed by atoms with Gasteiger partial charge in [0.15, 0.2) is 0 Å². The van der Waals surface area contributed by atoms with Crippen molar-refractivity contribution in [1.29, 1.82) is 0 Å². The summed E-state index contributed by atoms with van der Waals surface area (Å²) in [6, 6.07) is 10.7. The number of benzene rings is 1. The average molecular weight is 295 g/mol. The van der Waals surface area contributed by atoms with Crippen LogP contribution in [0, 0.1) is 0 Å². The SMILES string of the molecule is C=C(Br)CN1CCN(Cc2ccccc2)CC1. The van der Waals surface area contributed by atoms with Crippen LogP contribution in [0.1, 0.15) is 5.56 Å². The van der Waals surface area contributed by atoms with Crippen molar-refractivity contribution in [2.45, 2.75) is 6.54 Å². The lowest BCUT2D eigenvalue weighted by molar-refractivity contribution is 0.136. The maximum Gasteiger partial charge on any atom is 0.0294 e. The van der Waals surface area contributed by atoms with Gasteiger partial charge in [0.25, 0.3) is 0 Å². The van der Waals surface area contributed by atoms with E-state index in [1.807, 2.05) is 0 Å². The minimum atomic E-state index is 0.971. The van der Waals surface area contributed by atoms with Gasteiger partial charge in [-0.05, 0) is 5.56 Å². The molecule has 2 nitrogen and oxygen atoms in total. The van der Waals surface area contributed by atoms with Crippen LogP contribution < -0.4 is 0 Å². The van der Waals surface area contributed by atoms with Crippen molar-refractivity contribution in [1.82, 2.24) is 9.80 Å². The topological polar surface area (TPSA) is 6.48 Å². The first-order valence-corrected chi connectivity index (χ1v) is 6.85. The standard InChI is InChI=1S/C14H19BrN2/c1-13(15)11-16-7-9-17(10-8-16)12-14-5-3-2-4-6-14/h2-6H,1,7-12H2. The Balaban J connectivity index is 1.78. The number of piperazine rings is 1. The second-order valence-corrected chi connectivity index (χ2v) is 5.68. The molecule has 0 bridgehead atoms. The van der Waals surface area contributed by atoms with Crippen molar-refractivity contribution in [3.8, 4) is 0 Å². The Morgan fingerprint density at radius 2 is 1.65 bits per heavy atom. The third kappa shape index (κ3) is 4.26. The molecule has 0 amide bonds. The maximum absolute atomic E-state index is 3.90. The Labute approximate surface area is 112 Å². The van der Waals surface area contributed by atoms with Gasteiger partial charge in [-0.2, -0.15) is 0 Å². The van der Waals surface area contributed by atoms with Gasteiger partial charge in [-0.15, -0.1) is 0 Å². The highest BCUT2D eigenvalue weighted by atomic mass is 79.9. The highest BCUT2D eigenvalue weighted by Crippen LogP contribution is 2.10. The van der Waals surface area contributed by atoms with Crippen LogP contribution in [0.2, 0.25) is 0 Å². The first-order chi connectivity index (χ1) is 8.24. The van der Waals surface area contributed by atoms with E-state index in [0.717, 1.165) is 43.8 Å². The summed E-state index contributed by atoms with van der Waals surface area (Å²) in [5.41, 5.74) is 1.41. The Hall–Kier alpha value is -0.640. The summed E-state index contributed by atoms with van der Waals surface area (Å²) in [4.78, 5) is 4.96. The second-order valence-electron chi connectivity index (χ2n) is 4.56. The second kappa shape index (κ2) is 6.34. The van der Waals surface area contributed by atoms with Gasteiger partial charge < -0.3 is 0 Å². The van der Waals surface area contributed by atoms with Crippen molar-refractivity contribution in [2.75, 3.05) is 32.7 Å². The lowest BCUT2D eigenvalue weighted by Gasteiger charge is -2.34. The molecule has 1 aromatic rings. The Morgan fingerprint density at radius 3 is 2.24 bits per heavy atom. The van der Waals surface area contributed by atoms with Gasteiger partial charge in [-0.25, -0.2) is 0 Å². The molecule has 0 N–H and O–H groups in total. The molecule has 1 aliphatic rings. The Bertz CT molecular complexity index is 356. The van der Waals surface area contributed by atoms with E-state index in [9.17, 15) is 0 Å². The molecule has 92 valence electrons. The fraction of sp³-hybridized carbons (Fsp3) is 0.429. The maximum atomic E-state index is 3.90. The van der Waals surface area contributed by atoms with E-state index in [4.69, 9.17) is 0 Å². The van der Waals surface area contributed by atoms with E-state index in [2.05, 4.69) is 62.6 Å². The van der Waals surface area contributed by atoms with Crippen molar-refractivity contribution in [3.05, 3.63) is 47.0 Å². The fourth-order valence-corrected chi connectivity index (χ4v) is 2.54. The molecule has 0 spiro atoms. The van der Waals surface area contributed by atoms with E-state index < -0.39 is 0 Å². The lowest BCUT2D eigenvalue weighted by Crippen LogP contribution is -2.46. The molecular formula is C14H19BrN2. The summed E-state index contributed by atoms with van der Waals surface area (Å²) < 4.78 is 1.08. The van der Waals surface area contributed by atoms with E-state index >= 15 is 0 Å². The van der Waals surface area contributed by atoms with Crippen LogP contribution in [0.3, 0.4) is 0 Å². The highest BCUT2D eigenvalue weighted by molar-refractivity contribution is 9.11. The summed E-state index contributed by atoms with van der Waals surface area (Å²) in [6.07, 6.45) is 0. The number of rotatable bonds is 4. The van der Waals surface area contributed by atoms with Crippen LogP contribution >= 0.6 is 15.9 Å². The summed E-state index contributed by atoms with van der Waals surface area (Å²) in [6.45, 7) is 10.5. The van der Waals surface area contributed by atoms with E-state index in [1.54, 1.807) is 0 Å². The van der Waals surface area contributed by atoms with E-state index in [-0.39, 0.29) is 0 Å². The predicted octanol–water partition coefficient (Wildman–Crippen LogP) is 2.71. The molecule has 1 heterocycles. The normalized spacial score (nSPS) is 18.2. The molecule has 0 atom stereocenters. The van der Waals surface area contributed by atoms with Gasteiger partial charge in [0.05, 0.1) is 0 Å². The van der Waals surface area contributed by atoms with Gasteiger partial charge in [-0.3, -0.25) is 9.80 Å². The van der Waals surface area contributed by atoms with Crippen LogP contribution in [-0.2, 0) is 6.54 Å². The van der Waals surface area contributed by atoms with Gasteiger partial charge >= 0.3 is 0 Å². The van der Waals surface area contributed by atoms with Gasteiger partial charge in [0, 0.05) is 43.8 Å². The van der Waals surface area contributed by atoms with Crippen molar-refractivity contribution < 1.29 is 0 Å². The molecule has 0 unspecified atom stereocenters. The largest absolute Gasteiger partial charge is 0.297 e. The third-order valence-corrected chi connectivity index (χ3v) is 3.36. The number of halogens is 1. The van der Waals surface area contributed by atoms with E-state index in [0.29, 0.717) is 0 Å². The van der Waals surface area contributed by atoms with Crippen LogP contribution in [0.15, 0.2) is 41.4 Å². The molecule has 0 saturated carbocycles. The Morgan fingerprint density at radius 1 is 1.06 bits per heavy atom. The number of hydrogen-bond acceptors (Lipinski definition) is 2. The molecule has 0 radical (unpaired) electrons. The minimum absolute atomic E-state index is 0.971. The first-order valence-electron chi connectivity index (χ1n) is 6.06. The summed E-state index contributed by atoms with van der Waals surface area (Å²) >= 11 is 3.43. The van der Waals surface area contributed by atoms with E-state index in [1.165, 1.54) is 5.56 Å². The van der Waals surface area contributed by atoms with Crippen LogP contribution in [0.25, 0.3) is 0 Å². The summed E-state index contributed by atoms with van der Waals surface area (Å²) in [5, 5.41) is 0. The number of hydrogen-bond donors (Lipinski definition) is 0. The van der Waals surface area contributed by atoms with Crippen molar-refractivity contribution in [3.63, 3.8) is 0 Å². The minimum Gasteiger partial charge on any atom is -0.297 e. The molecule has 1 aliphatic heterocycles. The monoisotopic (exact) mass is 294 g/mol. The number of nitrogens with zero attached hydrogens (tertiary/aromatic N) is 2. The molecular weight excluding hydrogens is 276 g/mol. The zero-order valence-corrected chi connectivity index (χ0v) is 11.7. The quantitative estimate of drug-likeness (QED) is 0.842. The smallest absolute Gasteiger partial charge is 0.0294 e. The molecule has 1 saturated heterocycles. The first kappa shape index (κ1) is 12.8. The molecule has 1 fully saturated rings. The van der Waals surface area contributed by atoms with Crippen LogP contribution in [0.4, 0.5) is 0 Å². The van der Waals surface area contributed by atoms with Gasteiger partial charge in [0.2, 0.25) is 0 Å². The Kier molecular flexibility index (Phi) is 4.77. The highest BCUT2D eigenvalue weighted by Gasteiger charge is 2.16. The van der Waals surface area contributed by atoms with Crippen LogP contribution in [-0.4, -0.2) is 42.5 Å². The zero-order valence-electron chi connectivity index (χ0n) is 10.1. The molecule has 0 aromatic heterocycles. The van der Waals surface area contributed by atoms with Crippen LogP contribution in [0.5, 0.6) is 0 Å². The van der Waals surface area contributed by atoms with Crippen molar-refractivity contribution >= 4 is 15.9 Å². The fourth-order valence-electron chi connectivity index (χ4n) is 2.19. The zero-order chi connectivity index (χ0) is 12.1. The van der Waals surface area contributed by atoms with Gasteiger partial charge in [0.1, 0.15) is 0 Å². The predicted molar refractivity (Wildman–Crippen MR) is 76.2 cm³/mol. The lowest BCUT2D eigenvalue weighted by atomic mass is 10.2. The molecule has 2 rings (SSSR count). The molecule has 3 heteroatoms. The van der Waals surface area contributed by atoms with Crippen molar-refractivity contribution in [2.24, 2.45) is 0 Å². The molecule has 1 aromatic carbocycles. The summed E-state index contributed by atoms with van der Waals surface area (Å²) in [7, 11) is 0. The average Bonchev–Trinajstić information content (AvgIpc) is 2.32. The molecule has 17 heavy (non-hydrogen) atoms.